The quantitative estimate of drug-likeness (QED) is 0.594. The Hall–Kier alpha value is -3.41. The van der Waals surface area contributed by atoms with Crippen LogP contribution in [0.4, 0.5) is 0 Å². The predicted octanol–water partition coefficient (Wildman–Crippen LogP) is 2.95. The van der Waals surface area contributed by atoms with Crippen LogP contribution in [0.2, 0.25) is 0 Å². The number of H-pyrrole nitrogens is 1. The second-order valence-electron chi connectivity index (χ2n) is 5.07. The zero-order valence-corrected chi connectivity index (χ0v) is 11.9. The summed E-state index contributed by atoms with van der Waals surface area (Å²) in [6.45, 7) is 0. The van der Waals surface area contributed by atoms with Gasteiger partial charge in [0.15, 0.2) is 0 Å². The first-order valence-electron chi connectivity index (χ1n) is 6.96. The summed E-state index contributed by atoms with van der Waals surface area (Å²) in [6, 6.07) is 15.5. The molecule has 0 saturated heterocycles. The minimum absolute atomic E-state index is 0.163. The zero-order chi connectivity index (χ0) is 15.8. The Kier molecular flexibility index (Phi) is 2.94. The molecule has 0 saturated carbocycles. The highest BCUT2D eigenvalue weighted by Gasteiger charge is 2.12. The first-order valence-corrected chi connectivity index (χ1v) is 6.96. The van der Waals surface area contributed by atoms with Gasteiger partial charge >= 0.3 is 0 Å². The van der Waals surface area contributed by atoms with Crippen molar-refractivity contribution in [1.82, 2.24) is 15.1 Å². The van der Waals surface area contributed by atoms with Gasteiger partial charge in [-0.2, -0.15) is 4.98 Å². The molecule has 0 radical (unpaired) electrons. The molecule has 6 heteroatoms. The molecule has 0 aliphatic rings. The number of aromatic nitrogens is 3. The standard InChI is InChI=1S/C17H11N3O3/c21-12-7-5-10(6-8-12)15-19-17(23-20-15)14-9-11-3-1-2-4-13(11)16(22)18-14/h1-9,21H,(H,18,22). The van der Waals surface area contributed by atoms with E-state index in [0.29, 0.717) is 22.5 Å². The van der Waals surface area contributed by atoms with E-state index >= 15 is 0 Å². The van der Waals surface area contributed by atoms with E-state index in [1.165, 1.54) is 0 Å². The number of phenols is 1. The van der Waals surface area contributed by atoms with Gasteiger partial charge in [0.25, 0.3) is 11.4 Å². The number of fused-ring (bicyclic) bond motifs is 1. The summed E-state index contributed by atoms with van der Waals surface area (Å²) in [4.78, 5) is 19.2. The van der Waals surface area contributed by atoms with Gasteiger partial charge in [0.2, 0.25) is 5.82 Å². The van der Waals surface area contributed by atoms with Crippen LogP contribution in [0.5, 0.6) is 5.75 Å². The monoisotopic (exact) mass is 305 g/mol. The molecule has 2 N–H and O–H groups in total. The van der Waals surface area contributed by atoms with Crippen molar-refractivity contribution in [2.75, 3.05) is 0 Å². The van der Waals surface area contributed by atoms with Gasteiger partial charge in [-0.1, -0.05) is 23.4 Å². The molecular formula is C17H11N3O3. The highest BCUT2D eigenvalue weighted by molar-refractivity contribution is 5.84. The number of pyridine rings is 1. The van der Waals surface area contributed by atoms with Gasteiger partial charge in [-0.3, -0.25) is 4.79 Å². The molecule has 0 spiro atoms. The first-order chi connectivity index (χ1) is 11.2. The van der Waals surface area contributed by atoms with Gasteiger partial charge in [-0.15, -0.1) is 0 Å². The van der Waals surface area contributed by atoms with E-state index in [4.69, 9.17) is 4.52 Å². The zero-order valence-electron chi connectivity index (χ0n) is 11.9. The molecule has 4 aromatic rings. The fraction of sp³-hybridized carbons (Fsp3) is 0. The van der Waals surface area contributed by atoms with Crippen LogP contribution in [0.25, 0.3) is 33.7 Å². The van der Waals surface area contributed by atoms with Crippen molar-refractivity contribution >= 4 is 10.8 Å². The SMILES string of the molecule is O=c1[nH]c(-c2nc(-c3ccc(O)cc3)no2)cc2ccccc12. The maximum atomic E-state index is 12.1. The van der Waals surface area contributed by atoms with Crippen LogP contribution in [0.15, 0.2) is 63.9 Å². The lowest BCUT2D eigenvalue weighted by Gasteiger charge is -1.99. The number of nitrogens with one attached hydrogen (secondary N) is 1. The third kappa shape index (κ3) is 2.36. The Labute approximate surface area is 130 Å². The summed E-state index contributed by atoms with van der Waals surface area (Å²) in [6.07, 6.45) is 0. The van der Waals surface area contributed by atoms with Gasteiger partial charge in [0.05, 0.1) is 0 Å². The van der Waals surface area contributed by atoms with E-state index in [9.17, 15) is 9.90 Å². The highest BCUT2D eigenvalue weighted by Crippen LogP contribution is 2.23. The number of phenolic OH excluding ortho intramolecular Hbond substituents is 1. The number of nitrogens with zero attached hydrogens (tertiary/aromatic N) is 2. The normalized spacial score (nSPS) is 11.0. The lowest BCUT2D eigenvalue weighted by Crippen LogP contribution is -2.07. The van der Waals surface area contributed by atoms with Crippen molar-refractivity contribution in [3.8, 4) is 28.7 Å². The van der Waals surface area contributed by atoms with Gasteiger partial charge in [-0.25, -0.2) is 0 Å². The molecule has 23 heavy (non-hydrogen) atoms. The molecule has 2 heterocycles. The van der Waals surface area contributed by atoms with Crippen LogP contribution in [0, 0.1) is 0 Å². The Bertz CT molecular complexity index is 1050. The largest absolute Gasteiger partial charge is 0.508 e. The van der Waals surface area contributed by atoms with E-state index in [1.54, 1.807) is 36.4 Å². The van der Waals surface area contributed by atoms with Gasteiger partial charge in [0.1, 0.15) is 11.4 Å². The van der Waals surface area contributed by atoms with Crippen LogP contribution in [-0.2, 0) is 0 Å². The molecule has 4 rings (SSSR count). The molecule has 0 amide bonds. The molecule has 0 aliphatic heterocycles. The smallest absolute Gasteiger partial charge is 0.274 e. The molecule has 0 bridgehead atoms. The van der Waals surface area contributed by atoms with Crippen LogP contribution < -0.4 is 5.56 Å². The van der Waals surface area contributed by atoms with Crippen molar-refractivity contribution in [2.24, 2.45) is 0 Å². The van der Waals surface area contributed by atoms with Gasteiger partial charge in [0, 0.05) is 10.9 Å². The van der Waals surface area contributed by atoms with Crippen LogP contribution in [0.1, 0.15) is 0 Å². The molecule has 0 unspecified atom stereocenters. The lowest BCUT2D eigenvalue weighted by atomic mass is 10.1. The summed E-state index contributed by atoms with van der Waals surface area (Å²) < 4.78 is 5.25. The van der Waals surface area contributed by atoms with Crippen LogP contribution in [-0.4, -0.2) is 20.2 Å². The van der Waals surface area contributed by atoms with E-state index in [0.717, 1.165) is 5.39 Å². The fourth-order valence-electron chi connectivity index (χ4n) is 2.39. The topological polar surface area (TPSA) is 92.0 Å². The summed E-state index contributed by atoms with van der Waals surface area (Å²) in [5, 5.41) is 14.6. The fourth-order valence-corrected chi connectivity index (χ4v) is 2.39. The Balaban J connectivity index is 1.80. The third-order valence-electron chi connectivity index (χ3n) is 3.54. The highest BCUT2D eigenvalue weighted by atomic mass is 16.5. The maximum Gasteiger partial charge on any atom is 0.274 e. The van der Waals surface area contributed by atoms with Gasteiger partial charge < -0.3 is 14.6 Å². The van der Waals surface area contributed by atoms with Crippen molar-refractivity contribution in [2.45, 2.75) is 0 Å². The minimum Gasteiger partial charge on any atom is -0.508 e. The van der Waals surface area contributed by atoms with E-state index in [-0.39, 0.29) is 17.2 Å². The van der Waals surface area contributed by atoms with Crippen LogP contribution >= 0.6 is 0 Å². The lowest BCUT2D eigenvalue weighted by molar-refractivity contribution is 0.431. The number of benzene rings is 2. The average molecular weight is 305 g/mol. The van der Waals surface area contributed by atoms with E-state index in [2.05, 4.69) is 15.1 Å². The number of aromatic amines is 1. The van der Waals surface area contributed by atoms with Crippen molar-refractivity contribution in [3.05, 3.63) is 65.0 Å². The summed E-state index contributed by atoms with van der Waals surface area (Å²) in [5.74, 6) is 0.779. The minimum atomic E-state index is -0.206. The number of rotatable bonds is 2. The summed E-state index contributed by atoms with van der Waals surface area (Å²) in [7, 11) is 0. The van der Waals surface area contributed by atoms with Crippen LogP contribution in [0.3, 0.4) is 0 Å². The second-order valence-corrected chi connectivity index (χ2v) is 5.07. The molecule has 0 atom stereocenters. The Morgan fingerprint density at radius 2 is 1.83 bits per heavy atom. The molecule has 112 valence electrons. The Morgan fingerprint density at radius 3 is 2.65 bits per heavy atom. The predicted molar refractivity (Wildman–Crippen MR) is 85.0 cm³/mol. The molecule has 2 aromatic carbocycles. The maximum absolute atomic E-state index is 12.1. The number of hydrogen-bond donors (Lipinski definition) is 2. The van der Waals surface area contributed by atoms with Crippen molar-refractivity contribution < 1.29 is 9.63 Å². The number of hydrogen-bond acceptors (Lipinski definition) is 5. The summed E-state index contributed by atoms with van der Waals surface area (Å²) >= 11 is 0. The van der Waals surface area contributed by atoms with E-state index < -0.39 is 0 Å². The van der Waals surface area contributed by atoms with Crippen molar-refractivity contribution in [3.63, 3.8) is 0 Å². The molecule has 6 nitrogen and oxygen atoms in total. The molecule has 0 fully saturated rings. The third-order valence-corrected chi connectivity index (χ3v) is 3.54. The van der Waals surface area contributed by atoms with Crippen molar-refractivity contribution in [1.29, 1.82) is 0 Å². The molecular weight excluding hydrogens is 294 g/mol. The average Bonchev–Trinajstić information content (AvgIpc) is 3.05. The van der Waals surface area contributed by atoms with Gasteiger partial charge in [-0.05, 0) is 41.8 Å². The molecule has 0 aliphatic carbocycles. The molecule has 2 aromatic heterocycles. The van der Waals surface area contributed by atoms with E-state index in [1.807, 2.05) is 18.2 Å². The first kappa shape index (κ1) is 13.3. The summed E-state index contributed by atoms with van der Waals surface area (Å²) in [5.41, 5.74) is 0.967. The second kappa shape index (κ2) is 5.10. The number of aromatic hydroxyl groups is 1. The Morgan fingerprint density at radius 1 is 1.04 bits per heavy atom.